The van der Waals surface area contributed by atoms with Crippen LogP contribution in [0.3, 0.4) is 0 Å². The second-order valence-electron chi connectivity index (χ2n) is 3.30. The Morgan fingerprint density at radius 2 is 2.00 bits per heavy atom. The summed E-state index contributed by atoms with van der Waals surface area (Å²) in [7, 11) is -4.60. The molecule has 80 valence electrons. The molecule has 1 aromatic carbocycles. The molecule has 0 aromatic heterocycles. The average molecular weight is 228 g/mol. The lowest BCUT2D eigenvalue weighted by atomic mass is 10.1. The SMILES string of the molecule is O=C1CCc2cccc(OP(=O)(O)O)c21. The number of phosphoric ester groups is 1. The van der Waals surface area contributed by atoms with E-state index in [0.29, 0.717) is 18.4 Å². The summed E-state index contributed by atoms with van der Waals surface area (Å²) in [5.41, 5.74) is 1.09. The van der Waals surface area contributed by atoms with Crippen LogP contribution in [-0.2, 0) is 11.0 Å². The van der Waals surface area contributed by atoms with Crippen molar-refractivity contribution in [1.82, 2.24) is 0 Å². The van der Waals surface area contributed by atoms with Crippen LogP contribution in [0.5, 0.6) is 5.75 Å². The highest BCUT2D eigenvalue weighted by atomic mass is 31.2. The van der Waals surface area contributed by atoms with Crippen molar-refractivity contribution in [2.45, 2.75) is 12.8 Å². The molecular weight excluding hydrogens is 219 g/mol. The van der Waals surface area contributed by atoms with Crippen LogP contribution in [0.25, 0.3) is 0 Å². The molecule has 2 N–H and O–H groups in total. The third kappa shape index (κ3) is 2.09. The standard InChI is InChI=1S/C9H9O5P/c10-7-5-4-6-2-1-3-8(9(6)7)14-15(11,12)13/h1-3H,4-5H2,(H2,11,12,13). The van der Waals surface area contributed by atoms with E-state index >= 15 is 0 Å². The van der Waals surface area contributed by atoms with Crippen molar-refractivity contribution in [1.29, 1.82) is 0 Å². The van der Waals surface area contributed by atoms with Crippen molar-refractivity contribution >= 4 is 13.6 Å². The number of carbonyl (C=O) groups is 1. The van der Waals surface area contributed by atoms with E-state index in [-0.39, 0.29) is 11.5 Å². The summed E-state index contributed by atoms with van der Waals surface area (Å²) in [5.74, 6) is -0.155. The first-order chi connectivity index (χ1) is 6.97. The van der Waals surface area contributed by atoms with E-state index in [1.54, 1.807) is 12.1 Å². The number of fused-ring (bicyclic) bond motifs is 1. The molecule has 0 saturated carbocycles. The second kappa shape index (κ2) is 3.45. The minimum absolute atomic E-state index is 0.0247. The van der Waals surface area contributed by atoms with Crippen LogP contribution in [0.1, 0.15) is 22.3 Å². The maximum absolute atomic E-state index is 11.4. The smallest absolute Gasteiger partial charge is 0.403 e. The zero-order valence-electron chi connectivity index (χ0n) is 7.71. The lowest BCUT2D eigenvalue weighted by Gasteiger charge is -2.09. The molecule has 0 heterocycles. The molecule has 0 spiro atoms. The molecule has 0 radical (unpaired) electrons. The largest absolute Gasteiger partial charge is 0.524 e. The number of aryl methyl sites for hydroxylation is 1. The van der Waals surface area contributed by atoms with E-state index in [0.717, 1.165) is 5.56 Å². The van der Waals surface area contributed by atoms with E-state index in [4.69, 9.17) is 9.79 Å². The number of rotatable bonds is 2. The number of phosphoric acid groups is 1. The predicted octanol–water partition coefficient (Wildman–Crippen LogP) is 1.29. The molecule has 0 saturated heterocycles. The summed E-state index contributed by atoms with van der Waals surface area (Å²) < 4.78 is 15.1. The Labute approximate surface area is 85.9 Å². The van der Waals surface area contributed by atoms with Crippen LogP contribution in [0.2, 0.25) is 0 Å². The topological polar surface area (TPSA) is 83.8 Å². The predicted molar refractivity (Wildman–Crippen MR) is 51.8 cm³/mol. The first kappa shape index (κ1) is 10.4. The maximum atomic E-state index is 11.4. The lowest BCUT2D eigenvalue weighted by Crippen LogP contribution is -1.98. The normalized spacial score (nSPS) is 15.2. The Hall–Kier alpha value is -1.16. The van der Waals surface area contributed by atoms with Gasteiger partial charge < -0.3 is 4.52 Å². The molecule has 15 heavy (non-hydrogen) atoms. The zero-order valence-corrected chi connectivity index (χ0v) is 8.61. The second-order valence-corrected chi connectivity index (χ2v) is 4.46. The van der Waals surface area contributed by atoms with Crippen LogP contribution < -0.4 is 4.52 Å². The van der Waals surface area contributed by atoms with Gasteiger partial charge in [-0.1, -0.05) is 12.1 Å². The molecule has 0 unspecified atom stereocenters. The summed E-state index contributed by atoms with van der Waals surface area (Å²) >= 11 is 0. The monoisotopic (exact) mass is 228 g/mol. The van der Waals surface area contributed by atoms with Gasteiger partial charge in [-0.15, -0.1) is 0 Å². The number of benzene rings is 1. The zero-order chi connectivity index (χ0) is 11.1. The van der Waals surface area contributed by atoms with Crippen molar-refractivity contribution in [2.24, 2.45) is 0 Å². The number of carbonyl (C=O) groups excluding carboxylic acids is 1. The van der Waals surface area contributed by atoms with Crippen molar-refractivity contribution in [3.8, 4) is 5.75 Å². The quantitative estimate of drug-likeness (QED) is 0.745. The van der Waals surface area contributed by atoms with Gasteiger partial charge in [0.25, 0.3) is 0 Å². The molecule has 1 aromatic rings. The fourth-order valence-electron chi connectivity index (χ4n) is 1.68. The summed E-state index contributed by atoms with van der Waals surface area (Å²) in [6.45, 7) is 0. The van der Waals surface area contributed by atoms with Crippen LogP contribution >= 0.6 is 7.82 Å². The molecule has 0 aliphatic heterocycles. The number of ketones is 1. The van der Waals surface area contributed by atoms with Gasteiger partial charge in [0.1, 0.15) is 5.75 Å². The molecule has 0 fully saturated rings. The number of Topliss-reactive ketones (excluding diaryl/α,β-unsaturated/α-hetero) is 1. The van der Waals surface area contributed by atoms with Gasteiger partial charge in [-0.05, 0) is 18.1 Å². The molecule has 0 bridgehead atoms. The van der Waals surface area contributed by atoms with Crippen molar-refractivity contribution in [3.05, 3.63) is 29.3 Å². The van der Waals surface area contributed by atoms with E-state index in [1.807, 2.05) is 0 Å². The first-order valence-electron chi connectivity index (χ1n) is 4.37. The van der Waals surface area contributed by atoms with Crippen molar-refractivity contribution in [2.75, 3.05) is 0 Å². The highest BCUT2D eigenvalue weighted by Crippen LogP contribution is 2.41. The highest BCUT2D eigenvalue weighted by Gasteiger charge is 2.27. The van der Waals surface area contributed by atoms with Gasteiger partial charge in [0, 0.05) is 6.42 Å². The van der Waals surface area contributed by atoms with Gasteiger partial charge in [0.05, 0.1) is 5.56 Å². The Balaban J connectivity index is 2.46. The molecule has 5 nitrogen and oxygen atoms in total. The first-order valence-corrected chi connectivity index (χ1v) is 5.90. The van der Waals surface area contributed by atoms with Crippen molar-refractivity contribution in [3.63, 3.8) is 0 Å². The van der Waals surface area contributed by atoms with Crippen LogP contribution in [0, 0.1) is 0 Å². The third-order valence-electron chi connectivity index (χ3n) is 2.23. The van der Waals surface area contributed by atoms with E-state index < -0.39 is 7.82 Å². The van der Waals surface area contributed by atoms with Crippen LogP contribution in [0.4, 0.5) is 0 Å². The van der Waals surface area contributed by atoms with Crippen LogP contribution in [-0.4, -0.2) is 15.6 Å². The van der Waals surface area contributed by atoms with E-state index in [1.165, 1.54) is 6.07 Å². The average Bonchev–Trinajstić information content (AvgIpc) is 2.46. The molecule has 1 aliphatic carbocycles. The van der Waals surface area contributed by atoms with Gasteiger partial charge in [0.2, 0.25) is 0 Å². The van der Waals surface area contributed by atoms with E-state index in [2.05, 4.69) is 4.52 Å². The molecule has 2 rings (SSSR count). The minimum Gasteiger partial charge on any atom is -0.403 e. The van der Waals surface area contributed by atoms with Gasteiger partial charge in [-0.25, -0.2) is 4.57 Å². The molecule has 0 atom stereocenters. The lowest BCUT2D eigenvalue weighted by molar-refractivity contribution is 0.0993. The maximum Gasteiger partial charge on any atom is 0.524 e. The number of hydrogen-bond acceptors (Lipinski definition) is 3. The fraction of sp³-hybridized carbons (Fsp3) is 0.222. The van der Waals surface area contributed by atoms with Gasteiger partial charge in [-0.3, -0.25) is 14.6 Å². The molecule has 1 aliphatic rings. The minimum atomic E-state index is -4.60. The Morgan fingerprint density at radius 3 is 2.67 bits per heavy atom. The summed E-state index contributed by atoms with van der Waals surface area (Å²) in [4.78, 5) is 28.8. The molecular formula is C9H9O5P. The summed E-state index contributed by atoms with van der Waals surface area (Å²) in [6, 6.07) is 4.76. The molecule has 6 heteroatoms. The fourth-order valence-corrected chi connectivity index (χ4v) is 2.09. The Morgan fingerprint density at radius 1 is 1.27 bits per heavy atom. The summed E-state index contributed by atoms with van der Waals surface area (Å²) in [6.07, 6.45) is 0.976. The molecule has 0 amide bonds. The third-order valence-corrected chi connectivity index (χ3v) is 2.66. The Bertz CT molecular complexity index is 462. The van der Waals surface area contributed by atoms with E-state index in [9.17, 15) is 9.36 Å². The van der Waals surface area contributed by atoms with Gasteiger partial charge in [0.15, 0.2) is 5.78 Å². The Kier molecular flexibility index (Phi) is 2.38. The van der Waals surface area contributed by atoms with Gasteiger partial charge >= 0.3 is 7.82 Å². The van der Waals surface area contributed by atoms with Gasteiger partial charge in [-0.2, -0.15) is 0 Å². The highest BCUT2D eigenvalue weighted by molar-refractivity contribution is 7.46. The summed E-state index contributed by atoms with van der Waals surface area (Å²) in [5, 5.41) is 0. The number of hydrogen-bond donors (Lipinski definition) is 2. The van der Waals surface area contributed by atoms with Crippen LogP contribution in [0.15, 0.2) is 18.2 Å². The van der Waals surface area contributed by atoms with Crippen molar-refractivity contribution < 1.29 is 23.7 Å².